The van der Waals surface area contributed by atoms with Gasteiger partial charge in [0.2, 0.25) is 5.88 Å². The van der Waals surface area contributed by atoms with Gasteiger partial charge in [0.25, 0.3) is 0 Å². The molecule has 0 bridgehead atoms. The monoisotopic (exact) mass is 404 g/mol. The highest BCUT2D eigenvalue weighted by molar-refractivity contribution is 5.93. The minimum Gasteiger partial charge on any atom is -0.493 e. The highest BCUT2D eigenvalue weighted by atomic mass is 16.5. The van der Waals surface area contributed by atoms with Crippen LogP contribution in [-0.2, 0) is 0 Å². The molecular weight excluding hydrogens is 384 g/mol. The molecule has 0 unspecified atom stereocenters. The van der Waals surface area contributed by atoms with Crippen LogP contribution < -0.4 is 25.4 Å². The maximum atomic E-state index is 12.8. The molecule has 0 amide bonds. The average Bonchev–Trinajstić information content (AvgIpc) is 2.95. The van der Waals surface area contributed by atoms with E-state index >= 15 is 0 Å². The Kier molecular flexibility index (Phi) is 4.63. The fourth-order valence-corrected chi connectivity index (χ4v) is 4.02. The zero-order chi connectivity index (χ0) is 21.6. The summed E-state index contributed by atoms with van der Waals surface area (Å²) in [5, 5.41) is 10.8. The van der Waals surface area contributed by atoms with Crippen molar-refractivity contribution in [2.45, 2.75) is 19.8 Å². The van der Waals surface area contributed by atoms with E-state index in [0.29, 0.717) is 45.1 Å². The minimum absolute atomic E-state index is 0.0111. The summed E-state index contributed by atoms with van der Waals surface area (Å²) in [6, 6.07) is 10.7. The van der Waals surface area contributed by atoms with Crippen LogP contribution in [0, 0.1) is 25.2 Å². The maximum Gasteiger partial charge on any atom is 0.205 e. The lowest BCUT2D eigenvalue weighted by Gasteiger charge is -2.26. The lowest BCUT2D eigenvalue weighted by atomic mass is 9.83. The van der Waals surface area contributed by atoms with Gasteiger partial charge in [0.1, 0.15) is 28.9 Å². The summed E-state index contributed by atoms with van der Waals surface area (Å²) in [5.41, 5.74) is 7.60. The van der Waals surface area contributed by atoms with E-state index in [2.05, 4.69) is 6.07 Å². The number of furan rings is 1. The summed E-state index contributed by atoms with van der Waals surface area (Å²) in [6.45, 7) is 3.50. The van der Waals surface area contributed by atoms with Gasteiger partial charge in [-0.15, -0.1) is 0 Å². The molecule has 0 fully saturated rings. The Morgan fingerprint density at radius 2 is 1.73 bits per heavy atom. The first-order valence-corrected chi connectivity index (χ1v) is 9.27. The highest BCUT2D eigenvalue weighted by Gasteiger charge is 2.33. The van der Waals surface area contributed by atoms with Crippen molar-refractivity contribution in [3.63, 3.8) is 0 Å². The Hall–Kier alpha value is -3.92. The number of rotatable bonds is 3. The van der Waals surface area contributed by atoms with Crippen molar-refractivity contribution in [2.75, 3.05) is 14.2 Å². The molecule has 0 saturated carbocycles. The van der Waals surface area contributed by atoms with Gasteiger partial charge in [-0.1, -0.05) is 12.1 Å². The van der Waals surface area contributed by atoms with Crippen molar-refractivity contribution in [1.82, 2.24) is 0 Å². The third-order valence-corrected chi connectivity index (χ3v) is 5.35. The SMILES string of the molecule is COc1ccc([C@H]2C(C#N)=C(N)Oc3c2ccc(=O)c2c(C)oc(C)c32)cc1OC. The van der Waals surface area contributed by atoms with Crippen molar-refractivity contribution in [3.05, 3.63) is 74.7 Å². The first-order valence-electron chi connectivity index (χ1n) is 9.27. The predicted molar refractivity (Wildman–Crippen MR) is 111 cm³/mol. The van der Waals surface area contributed by atoms with E-state index < -0.39 is 5.92 Å². The number of nitriles is 1. The van der Waals surface area contributed by atoms with Crippen LogP contribution in [0.5, 0.6) is 17.2 Å². The van der Waals surface area contributed by atoms with Crippen LogP contribution in [0.25, 0.3) is 10.8 Å². The fraction of sp³-hybridized carbons (Fsp3) is 0.217. The van der Waals surface area contributed by atoms with Gasteiger partial charge in [0.15, 0.2) is 16.9 Å². The number of fused-ring (bicyclic) bond motifs is 3. The molecular formula is C23H20N2O5. The zero-order valence-electron chi connectivity index (χ0n) is 17.0. The third-order valence-electron chi connectivity index (χ3n) is 5.35. The van der Waals surface area contributed by atoms with E-state index in [-0.39, 0.29) is 16.9 Å². The number of nitrogens with zero attached hydrogens (tertiary/aromatic N) is 1. The first-order chi connectivity index (χ1) is 14.4. The number of ether oxygens (including phenoxy) is 3. The van der Waals surface area contributed by atoms with E-state index in [0.717, 1.165) is 5.56 Å². The molecule has 7 heteroatoms. The molecule has 1 aliphatic rings. The van der Waals surface area contributed by atoms with Gasteiger partial charge in [-0.25, -0.2) is 0 Å². The van der Waals surface area contributed by atoms with Gasteiger partial charge in [-0.05, 0) is 37.6 Å². The Balaban J connectivity index is 2.09. The molecule has 1 atom stereocenters. The van der Waals surface area contributed by atoms with Gasteiger partial charge in [-0.2, -0.15) is 5.26 Å². The maximum absolute atomic E-state index is 12.8. The van der Waals surface area contributed by atoms with Crippen LogP contribution in [0.3, 0.4) is 0 Å². The van der Waals surface area contributed by atoms with Gasteiger partial charge >= 0.3 is 0 Å². The standard InChI is InChI=1S/C23H20N2O5/c1-11-19-16(26)7-6-14-21(13-5-8-17(27-3)18(9-13)28-4)15(10-24)23(25)30-22(14)20(19)12(2)29-11/h5-9,21H,25H2,1-4H3/t21-/m1/s1. The lowest BCUT2D eigenvalue weighted by molar-refractivity contribution is 0.354. The number of aryl methyl sites for hydroxylation is 2. The van der Waals surface area contributed by atoms with E-state index in [1.54, 1.807) is 46.3 Å². The first kappa shape index (κ1) is 19.4. The van der Waals surface area contributed by atoms with Crippen molar-refractivity contribution >= 4 is 10.8 Å². The van der Waals surface area contributed by atoms with Crippen LogP contribution in [-0.4, -0.2) is 14.2 Å². The number of hydrogen-bond donors (Lipinski definition) is 1. The largest absolute Gasteiger partial charge is 0.493 e. The normalized spacial score (nSPS) is 15.4. The molecule has 0 spiro atoms. The number of benzene rings is 1. The second kappa shape index (κ2) is 7.16. The number of nitrogens with two attached hydrogens (primary N) is 1. The average molecular weight is 404 g/mol. The lowest BCUT2D eigenvalue weighted by Crippen LogP contribution is -2.20. The van der Waals surface area contributed by atoms with Crippen molar-refractivity contribution in [3.8, 4) is 23.3 Å². The molecule has 2 N–H and O–H groups in total. The van der Waals surface area contributed by atoms with Crippen LogP contribution in [0.2, 0.25) is 0 Å². The molecule has 1 aliphatic heterocycles. The Labute approximate surface area is 172 Å². The van der Waals surface area contributed by atoms with E-state index in [9.17, 15) is 10.1 Å². The zero-order valence-corrected chi connectivity index (χ0v) is 17.0. The summed E-state index contributed by atoms with van der Waals surface area (Å²) in [6.07, 6.45) is 0. The van der Waals surface area contributed by atoms with E-state index in [4.69, 9.17) is 24.4 Å². The number of methoxy groups -OCH3 is 2. The van der Waals surface area contributed by atoms with Crippen LogP contribution in [0.1, 0.15) is 28.6 Å². The smallest absolute Gasteiger partial charge is 0.205 e. The topological polar surface area (TPSA) is 108 Å². The summed E-state index contributed by atoms with van der Waals surface area (Å²) in [7, 11) is 3.09. The summed E-state index contributed by atoms with van der Waals surface area (Å²) in [4.78, 5) is 12.8. The molecule has 1 aromatic heterocycles. The van der Waals surface area contributed by atoms with Crippen molar-refractivity contribution in [2.24, 2.45) is 5.73 Å². The van der Waals surface area contributed by atoms with Crippen molar-refractivity contribution < 1.29 is 18.6 Å². The molecule has 0 aliphatic carbocycles. The molecule has 2 heterocycles. The second-order valence-corrected chi connectivity index (χ2v) is 6.99. The fourth-order valence-electron chi connectivity index (χ4n) is 4.02. The Morgan fingerprint density at radius 1 is 1.03 bits per heavy atom. The molecule has 2 aromatic carbocycles. The van der Waals surface area contributed by atoms with Gasteiger partial charge < -0.3 is 24.4 Å². The molecule has 3 aromatic rings. The minimum atomic E-state index is -0.553. The summed E-state index contributed by atoms with van der Waals surface area (Å²) >= 11 is 0. The van der Waals surface area contributed by atoms with Gasteiger partial charge in [0, 0.05) is 5.56 Å². The third kappa shape index (κ3) is 2.77. The van der Waals surface area contributed by atoms with Gasteiger partial charge in [-0.3, -0.25) is 4.79 Å². The second-order valence-electron chi connectivity index (χ2n) is 6.99. The molecule has 4 rings (SSSR count). The Bertz CT molecular complexity index is 1310. The summed E-state index contributed by atoms with van der Waals surface area (Å²) < 4.78 is 22.4. The van der Waals surface area contributed by atoms with Crippen LogP contribution in [0.15, 0.2) is 51.0 Å². The Morgan fingerprint density at radius 3 is 2.40 bits per heavy atom. The quantitative estimate of drug-likeness (QED) is 0.710. The molecule has 0 saturated heterocycles. The molecule has 152 valence electrons. The van der Waals surface area contributed by atoms with E-state index in [1.807, 2.05) is 6.07 Å². The predicted octanol–water partition coefficient (Wildman–Crippen LogP) is 3.65. The van der Waals surface area contributed by atoms with Crippen molar-refractivity contribution in [1.29, 1.82) is 5.26 Å². The number of hydrogen-bond acceptors (Lipinski definition) is 7. The van der Waals surface area contributed by atoms with E-state index in [1.165, 1.54) is 6.07 Å². The molecule has 30 heavy (non-hydrogen) atoms. The number of allylic oxidation sites excluding steroid dienone is 1. The summed E-state index contributed by atoms with van der Waals surface area (Å²) in [5.74, 6) is 1.98. The highest BCUT2D eigenvalue weighted by Crippen LogP contribution is 2.46. The molecule has 7 nitrogen and oxygen atoms in total. The molecule has 0 radical (unpaired) electrons. The van der Waals surface area contributed by atoms with Gasteiger partial charge in [0.05, 0.1) is 30.9 Å². The van der Waals surface area contributed by atoms with Crippen LogP contribution in [0.4, 0.5) is 0 Å². The van der Waals surface area contributed by atoms with Crippen LogP contribution >= 0.6 is 0 Å².